The van der Waals surface area contributed by atoms with Crippen molar-refractivity contribution in [3.05, 3.63) is 29.3 Å². The molecule has 0 aromatic heterocycles. The zero-order chi connectivity index (χ0) is 19.6. The molecular formula is C17H22N4O4S2. The number of sulfone groups is 1. The summed E-state index contributed by atoms with van der Waals surface area (Å²) in [5.74, 6) is -0.107. The van der Waals surface area contributed by atoms with Crippen LogP contribution in [-0.2, 0) is 14.6 Å². The number of aliphatic imine (C=N–C) groups is 1. The maximum absolute atomic E-state index is 12.3. The van der Waals surface area contributed by atoms with Gasteiger partial charge in [-0.2, -0.15) is 0 Å². The molecule has 2 amide bonds. The average molecular weight is 411 g/mol. The van der Waals surface area contributed by atoms with Crippen molar-refractivity contribution >= 4 is 44.3 Å². The van der Waals surface area contributed by atoms with Gasteiger partial charge in [0.1, 0.15) is 0 Å². The smallest absolute Gasteiger partial charge is 0.251 e. The first-order valence-electron chi connectivity index (χ1n) is 8.59. The van der Waals surface area contributed by atoms with Crippen molar-refractivity contribution in [3.63, 3.8) is 0 Å². The molecule has 1 fully saturated rings. The normalized spacial score (nSPS) is 22.7. The molecule has 1 aromatic carbocycles. The second-order valence-corrected chi connectivity index (χ2v) is 10.0. The standard InChI is InChI=1S/C17H22N4O4S2/c1-10-3-4-12(16(23)19-6-5-18-11(2)22)7-13(10)20-17-21-14-8-27(24,25)9-15(14)26-17/h3-4,7,14-15H,5-6,8-9H2,1-2H3,(H,18,22)(H,19,23)(H,20,21)/t14-,15+/m0/s1. The SMILES string of the molecule is CC(=O)NCCNC(=O)c1ccc(C)c(NC2=N[C@H]3CS(=O)(=O)C[C@H]3S2)c1. The van der Waals surface area contributed by atoms with E-state index >= 15 is 0 Å². The predicted molar refractivity (Wildman–Crippen MR) is 107 cm³/mol. The molecule has 2 aliphatic rings. The van der Waals surface area contributed by atoms with Crippen molar-refractivity contribution < 1.29 is 18.0 Å². The molecule has 0 unspecified atom stereocenters. The second kappa shape index (κ2) is 7.89. The van der Waals surface area contributed by atoms with E-state index in [0.717, 1.165) is 11.3 Å². The third-order valence-corrected chi connectivity index (χ3v) is 7.49. The van der Waals surface area contributed by atoms with Crippen LogP contribution in [0, 0.1) is 6.92 Å². The van der Waals surface area contributed by atoms with Crippen LogP contribution >= 0.6 is 11.8 Å². The summed E-state index contributed by atoms with van der Waals surface area (Å²) in [6.45, 7) is 4.06. The Labute approximate surface area is 162 Å². The minimum atomic E-state index is -2.98. The Morgan fingerprint density at radius 2 is 1.96 bits per heavy atom. The quantitative estimate of drug-likeness (QED) is 0.610. The van der Waals surface area contributed by atoms with Gasteiger partial charge in [-0.1, -0.05) is 17.8 Å². The summed E-state index contributed by atoms with van der Waals surface area (Å²) < 4.78 is 23.3. The van der Waals surface area contributed by atoms with Crippen LogP contribution in [0.3, 0.4) is 0 Å². The van der Waals surface area contributed by atoms with E-state index in [9.17, 15) is 18.0 Å². The summed E-state index contributed by atoms with van der Waals surface area (Å²) in [6.07, 6.45) is 0. The number of rotatable bonds is 5. The fourth-order valence-electron chi connectivity index (χ4n) is 2.95. The van der Waals surface area contributed by atoms with Crippen LogP contribution in [0.25, 0.3) is 0 Å². The number of amidine groups is 1. The van der Waals surface area contributed by atoms with E-state index in [4.69, 9.17) is 0 Å². The summed E-state index contributed by atoms with van der Waals surface area (Å²) in [6, 6.07) is 5.13. The molecule has 3 N–H and O–H groups in total. The van der Waals surface area contributed by atoms with Gasteiger partial charge in [0.2, 0.25) is 5.91 Å². The van der Waals surface area contributed by atoms with Gasteiger partial charge in [-0.05, 0) is 24.6 Å². The van der Waals surface area contributed by atoms with Gasteiger partial charge in [0.15, 0.2) is 15.0 Å². The van der Waals surface area contributed by atoms with Crippen molar-refractivity contribution in [3.8, 4) is 0 Å². The lowest BCUT2D eigenvalue weighted by Crippen LogP contribution is -2.33. The third kappa shape index (κ3) is 5.01. The maximum Gasteiger partial charge on any atom is 0.251 e. The molecule has 146 valence electrons. The summed E-state index contributed by atoms with van der Waals surface area (Å²) >= 11 is 1.44. The lowest BCUT2D eigenvalue weighted by molar-refractivity contribution is -0.118. The Morgan fingerprint density at radius 1 is 1.22 bits per heavy atom. The molecule has 8 nitrogen and oxygen atoms in total. The van der Waals surface area contributed by atoms with E-state index in [0.29, 0.717) is 23.8 Å². The van der Waals surface area contributed by atoms with Crippen molar-refractivity contribution in [1.82, 2.24) is 10.6 Å². The van der Waals surface area contributed by atoms with E-state index in [-0.39, 0.29) is 34.6 Å². The van der Waals surface area contributed by atoms with Crippen LogP contribution in [0.1, 0.15) is 22.8 Å². The third-order valence-electron chi connectivity index (χ3n) is 4.34. The number of nitrogens with one attached hydrogen (secondary N) is 3. The van der Waals surface area contributed by atoms with Gasteiger partial charge in [0.25, 0.3) is 5.91 Å². The molecule has 0 spiro atoms. The molecule has 2 aliphatic heterocycles. The minimum Gasteiger partial charge on any atom is -0.355 e. The number of aryl methyl sites for hydroxylation is 1. The highest BCUT2D eigenvalue weighted by Crippen LogP contribution is 2.35. The van der Waals surface area contributed by atoms with Gasteiger partial charge in [-0.15, -0.1) is 0 Å². The molecule has 2 atom stereocenters. The molecule has 0 saturated carbocycles. The highest BCUT2D eigenvalue weighted by Gasteiger charge is 2.42. The number of amides is 2. The molecular weight excluding hydrogens is 388 g/mol. The van der Waals surface area contributed by atoms with E-state index in [1.54, 1.807) is 12.1 Å². The van der Waals surface area contributed by atoms with Crippen LogP contribution in [0.5, 0.6) is 0 Å². The molecule has 3 rings (SSSR count). The summed E-state index contributed by atoms with van der Waals surface area (Å²) in [5.41, 5.74) is 2.22. The van der Waals surface area contributed by atoms with Crippen molar-refractivity contribution in [2.24, 2.45) is 4.99 Å². The molecule has 10 heteroatoms. The Bertz CT molecular complexity index is 898. The number of anilines is 1. The van der Waals surface area contributed by atoms with Crippen LogP contribution in [0.2, 0.25) is 0 Å². The predicted octanol–water partition coefficient (Wildman–Crippen LogP) is 0.541. The van der Waals surface area contributed by atoms with Gasteiger partial charge in [0, 0.05) is 36.5 Å². The summed E-state index contributed by atoms with van der Waals surface area (Å²) in [7, 11) is -2.98. The number of hydrogen-bond acceptors (Lipinski definition) is 7. The average Bonchev–Trinajstić information content (AvgIpc) is 3.05. The molecule has 2 heterocycles. The van der Waals surface area contributed by atoms with Gasteiger partial charge < -0.3 is 16.0 Å². The largest absolute Gasteiger partial charge is 0.355 e. The summed E-state index contributed by atoms with van der Waals surface area (Å²) in [5, 5.41) is 9.25. The fourth-order valence-corrected chi connectivity index (χ4v) is 6.61. The number of carbonyl (C=O) groups is 2. The monoisotopic (exact) mass is 410 g/mol. The Balaban J connectivity index is 1.62. The summed E-state index contributed by atoms with van der Waals surface area (Å²) in [4.78, 5) is 27.6. The molecule has 0 bridgehead atoms. The van der Waals surface area contributed by atoms with Crippen LogP contribution in [0.15, 0.2) is 23.2 Å². The number of hydrogen-bond donors (Lipinski definition) is 3. The Morgan fingerprint density at radius 3 is 2.67 bits per heavy atom. The lowest BCUT2D eigenvalue weighted by Gasteiger charge is -2.12. The zero-order valence-corrected chi connectivity index (χ0v) is 16.7. The lowest BCUT2D eigenvalue weighted by atomic mass is 10.1. The number of carbonyl (C=O) groups excluding carboxylic acids is 2. The van der Waals surface area contributed by atoms with Crippen molar-refractivity contribution in [2.75, 3.05) is 29.9 Å². The molecule has 1 saturated heterocycles. The van der Waals surface area contributed by atoms with Gasteiger partial charge >= 0.3 is 0 Å². The number of fused-ring (bicyclic) bond motifs is 1. The fraction of sp³-hybridized carbons (Fsp3) is 0.471. The topological polar surface area (TPSA) is 117 Å². The molecule has 27 heavy (non-hydrogen) atoms. The highest BCUT2D eigenvalue weighted by atomic mass is 32.2. The molecule has 0 aliphatic carbocycles. The highest BCUT2D eigenvalue weighted by molar-refractivity contribution is 8.15. The number of nitrogens with zero attached hydrogens (tertiary/aromatic N) is 1. The first-order chi connectivity index (χ1) is 12.7. The number of benzene rings is 1. The van der Waals surface area contributed by atoms with E-state index < -0.39 is 9.84 Å². The second-order valence-electron chi connectivity index (χ2n) is 6.63. The van der Waals surface area contributed by atoms with Gasteiger partial charge in [-0.3, -0.25) is 14.6 Å². The van der Waals surface area contributed by atoms with E-state index in [1.807, 2.05) is 13.0 Å². The zero-order valence-electron chi connectivity index (χ0n) is 15.1. The maximum atomic E-state index is 12.3. The van der Waals surface area contributed by atoms with Gasteiger partial charge in [-0.25, -0.2) is 8.42 Å². The number of thioether (sulfide) groups is 1. The first-order valence-corrected chi connectivity index (χ1v) is 11.3. The van der Waals surface area contributed by atoms with Crippen LogP contribution in [0.4, 0.5) is 5.69 Å². The van der Waals surface area contributed by atoms with Crippen molar-refractivity contribution in [1.29, 1.82) is 0 Å². The van der Waals surface area contributed by atoms with E-state index in [1.165, 1.54) is 18.7 Å². The van der Waals surface area contributed by atoms with Crippen molar-refractivity contribution in [2.45, 2.75) is 25.1 Å². The van der Waals surface area contributed by atoms with Crippen LogP contribution in [-0.4, -0.2) is 61.3 Å². The van der Waals surface area contributed by atoms with Crippen LogP contribution < -0.4 is 16.0 Å². The van der Waals surface area contributed by atoms with Gasteiger partial charge in [0.05, 0.1) is 17.5 Å². The Hall–Kier alpha value is -2.07. The van der Waals surface area contributed by atoms with E-state index in [2.05, 4.69) is 20.9 Å². The first kappa shape index (κ1) is 19.7. The minimum absolute atomic E-state index is 0.0296. The molecule has 1 aromatic rings. The molecule has 0 radical (unpaired) electrons. The Kier molecular flexibility index (Phi) is 5.75.